The summed E-state index contributed by atoms with van der Waals surface area (Å²) in [6, 6.07) is 5.80. The third-order valence-corrected chi connectivity index (χ3v) is 6.07. The third-order valence-electron chi connectivity index (χ3n) is 5.79. The number of benzene rings is 1. The highest BCUT2D eigenvalue weighted by molar-refractivity contribution is 6.33. The molecule has 1 aromatic heterocycles. The van der Waals surface area contributed by atoms with Crippen molar-refractivity contribution in [1.82, 2.24) is 9.88 Å². The third kappa shape index (κ3) is 4.73. The first kappa shape index (κ1) is 21.0. The van der Waals surface area contributed by atoms with E-state index in [0.717, 1.165) is 37.9 Å². The van der Waals surface area contributed by atoms with Gasteiger partial charge in [-0.05, 0) is 48.9 Å². The Bertz CT molecular complexity index is 913. The van der Waals surface area contributed by atoms with E-state index in [-0.39, 0.29) is 5.91 Å². The number of carbonyl (C=O) groups excluding carboxylic acids is 1. The van der Waals surface area contributed by atoms with Crippen LogP contribution in [0.3, 0.4) is 0 Å². The molecule has 0 unspecified atom stereocenters. The summed E-state index contributed by atoms with van der Waals surface area (Å²) < 4.78 is 31.8. The molecule has 0 aliphatic carbocycles. The average Bonchev–Trinajstić information content (AvgIpc) is 2.77. The number of pyridine rings is 1. The van der Waals surface area contributed by atoms with E-state index in [9.17, 15) is 13.6 Å². The largest absolute Gasteiger partial charge is 0.378 e. The van der Waals surface area contributed by atoms with Crippen molar-refractivity contribution < 1.29 is 18.3 Å². The molecular formula is C22H24ClF2N3O2. The van der Waals surface area contributed by atoms with Gasteiger partial charge < -0.3 is 14.5 Å². The number of ether oxygens (including phenoxy) is 1. The molecule has 30 heavy (non-hydrogen) atoms. The Morgan fingerprint density at radius 2 is 1.83 bits per heavy atom. The molecular weight excluding hydrogens is 412 g/mol. The van der Waals surface area contributed by atoms with Crippen LogP contribution >= 0.6 is 11.6 Å². The van der Waals surface area contributed by atoms with Gasteiger partial charge in [0.25, 0.3) is 5.91 Å². The molecule has 8 heteroatoms. The van der Waals surface area contributed by atoms with Gasteiger partial charge in [0.05, 0.1) is 23.8 Å². The monoisotopic (exact) mass is 435 g/mol. The highest BCUT2D eigenvalue weighted by atomic mass is 35.5. The molecule has 160 valence electrons. The van der Waals surface area contributed by atoms with Crippen molar-refractivity contribution in [3.8, 4) is 0 Å². The van der Waals surface area contributed by atoms with Gasteiger partial charge in [-0.1, -0.05) is 17.7 Å². The van der Waals surface area contributed by atoms with Gasteiger partial charge in [-0.3, -0.25) is 4.79 Å². The van der Waals surface area contributed by atoms with Gasteiger partial charge in [0.1, 0.15) is 5.82 Å². The minimum atomic E-state index is -0.815. The second-order valence-electron chi connectivity index (χ2n) is 7.82. The molecule has 1 aromatic carbocycles. The Hall–Kier alpha value is -2.25. The van der Waals surface area contributed by atoms with Gasteiger partial charge in [0, 0.05) is 32.4 Å². The number of halogens is 3. The summed E-state index contributed by atoms with van der Waals surface area (Å²) in [5.74, 6) is -0.615. The van der Waals surface area contributed by atoms with Crippen LogP contribution in [0.1, 0.15) is 28.8 Å². The van der Waals surface area contributed by atoms with Gasteiger partial charge in [0.15, 0.2) is 11.6 Å². The van der Waals surface area contributed by atoms with Crippen molar-refractivity contribution in [2.75, 3.05) is 44.3 Å². The van der Waals surface area contributed by atoms with E-state index >= 15 is 0 Å². The fraction of sp³-hybridized carbons (Fsp3) is 0.455. The number of hydrogen-bond donors (Lipinski definition) is 0. The number of nitrogens with zero attached hydrogens (tertiary/aromatic N) is 3. The Morgan fingerprint density at radius 1 is 1.10 bits per heavy atom. The van der Waals surface area contributed by atoms with Crippen LogP contribution in [0.15, 0.2) is 30.5 Å². The highest BCUT2D eigenvalue weighted by Gasteiger charge is 2.24. The van der Waals surface area contributed by atoms with Crippen LogP contribution in [0.25, 0.3) is 0 Å². The predicted octanol–water partition coefficient (Wildman–Crippen LogP) is 3.94. The standard InChI is InChI=1S/C22H24ClF2N3O2/c23-18-13-17(22(29)28-7-9-30-10-8-28)14-26-21(18)27-5-3-15(4-6-27)11-16-1-2-19(24)20(25)12-16/h1-2,12-15H,3-11H2. The van der Waals surface area contributed by atoms with Crippen LogP contribution in [0, 0.1) is 17.6 Å². The first-order chi connectivity index (χ1) is 14.5. The fourth-order valence-electron chi connectivity index (χ4n) is 4.08. The average molecular weight is 436 g/mol. The zero-order valence-electron chi connectivity index (χ0n) is 16.6. The molecule has 5 nitrogen and oxygen atoms in total. The minimum Gasteiger partial charge on any atom is -0.378 e. The van der Waals surface area contributed by atoms with E-state index in [1.54, 1.807) is 23.2 Å². The smallest absolute Gasteiger partial charge is 0.255 e. The lowest BCUT2D eigenvalue weighted by Gasteiger charge is -2.33. The fourth-order valence-corrected chi connectivity index (χ4v) is 4.36. The van der Waals surface area contributed by atoms with Gasteiger partial charge in [0.2, 0.25) is 0 Å². The first-order valence-electron chi connectivity index (χ1n) is 10.2. The predicted molar refractivity (Wildman–Crippen MR) is 111 cm³/mol. The van der Waals surface area contributed by atoms with Gasteiger partial charge in [-0.2, -0.15) is 0 Å². The number of hydrogen-bond acceptors (Lipinski definition) is 4. The van der Waals surface area contributed by atoms with E-state index in [2.05, 4.69) is 9.88 Å². The van der Waals surface area contributed by atoms with Crippen LogP contribution in [0.2, 0.25) is 5.02 Å². The normalized spacial score (nSPS) is 18.0. The Balaban J connectivity index is 1.36. The van der Waals surface area contributed by atoms with Gasteiger partial charge in [-0.25, -0.2) is 13.8 Å². The van der Waals surface area contributed by atoms with Crippen LogP contribution in [0.5, 0.6) is 0 Å². The van der Waals surface area contributed by atoms with Crippen molar-refractivity contribution in [3.63, 3.8) is 0 Å². The molecule has 2 aromatic rings. The molecule has 3 heterocycles. The topological polar surface area (TPSA) is 45.7 Å². The number of piperidine rings is 1. The molecule has 0 N–H and O–H groups in total. The van der Waals surface area contributed by atoms with Crippen molar-refractivity contribution >= 4 is 23.3 Å². The summed E-state index contributed by atoms with van der Waals surface area (Å²) in [7, 11) is 0. The van der Waals surface area contributed by atoms with Crippen molar-refractivity contribution in [3.05, 3.63) is 58.2 Å². The lowest BCUT2D eigenvalue weighted by atomic mass is 9.90. The summed E-state index contributed by atoms with van der Waals surface area (Å²) >= 11 is 6.47. The number of morpholine rings is 1. The Kier molecular flexibility index (Phi) is 6.49. The molecule has 4 rings (SSSR count). The summed E-state index contributed by atoms with van der Waals surface area (Å²) in [4.78, 5) is 20.9. The van der Waals surface area contributed by atoms with E-state index in [1.165, 1.54) is 12.1 Å². The Labute approximate surface area is 179 Å². The van der Waals surface area contributed by atoms with Crippen molar-refractivity contribution in [2.45, 2.75) is 19.3 Å². The van der Waals surface area contributed by atoms with E-state index in [0.29, 0.717) is 48.6 Å². The first-order valence-corrected chi connectivity index (χ1v) is 10.6. The van der Waals surface area contributed by atoms with Crippen molar-refractivity contribution in [1.29, 1.82) is 0 Å². The molecule has 2 aliphatic rings. The van der Waals surface area contributed by atoms with Crippen LogP contribution < -0.4 is 4.90 Å². The number of carbonyl (C=O) groups is 1. The minimum absolute atomic E-state index is 0.0792. The van der Waals surface area contributed by atoms with Crippen molar-refractivity contribution in [2.24, 2.45) is 5.92 Å². The number of anilines is 1. The maximum absolute atomic E-state index is 13.4. The molecule has 0 bridgehead atoms. The van der Waals surface area contributed by atoms with E-state index in [4.69, 9.17) is 16.3 Å². The summed E-state index contributed by atoms with van der Waals surface area (Å²) in [6.45, 7) is 3.79. The van der Waals surface area contributed by atoms with Gasteiger partial charge >= 0.3 is 0 Å². The van der Waals surface area contributed by atoms with Gasteiger partial charge in [-0.15, -0.1) is 0 Å². The van der Waals surface area contributed by atoms with E-state index in [1.807, 2.05) is 0 Å². The van der Waals surface area contributed by atoms with Crippen LogP contribution in [-0.2, 0) is 11.2 Å². The lowest BCUT2D eigenvalue weighted by molar-refractivity contribution is 0.0302. The molecule has 2 aliphatic heterocycles. The Morgan fingerprint density at radius 3 is 2.50 bits per heavy atom. The molecule has 0 atom stereocenters. The number of rotatable bonds is 4. The second kappa shape index (κ2) is 9.27. The highest BCUT2D eigenvalue weighted by Crippen LogP contribution is 2.30. The molecule has 0 spiro atoms. The molecule has 1 amide bonds. The summed E-state index contributed by atoms with van der Waals surface area (Å²) in [6.07, 6.45) is 4.13. The maximum Gasteiger partial charge on any atom is 0.255 e. The van der Waals surface area contributed by atoms with Crippen LogP contribution in [0.4, 0.5) is 14.6 Å². The zero-order valence-corrected chi connectivity index (χ0v) is 17.4. The summed E-state index contributed by atoms with van der Waals surface area (Å²) in [5, 5.41) is 0.466. The molecule has 0 saturated carbocycles. The zero-order chi connectivity index (χ0) is 21.1. The lowest BCUT2D eigenvalue weighted by Crippen LogP contribution is -2.40. The number of amides is 1. The quantitative estimate of drug-likeness (QED) is 0.729. The molecule has 2 saturated heterocycles. The number of aromatic nitrogens is 1. The van der Waals surface area contributed by atoms with Crippen LogP contribution in [-0.4, -0.2) is 55.2 Å². The maximum atomic E-state index is 13.4. The second-order valence-corrected chi connectivity index (χ2v) is 8.22. The SMILES string of the molecule is O=C(c1cnc(N2CCC(Cc3ccc(F)c(F)c3)CC2)c(Cl)c1)N1CCOCC1. The van der Waals surface area contributed by atoms with E-state index < -0.39 is 11.6 Å². The molecule has 0 radical (unpaired) electrons. The molecule has 2 fully saturated rings. The summed E-state index contributed by atoms with van der Waals surface area (Å²) in [5.41, 5.74) is 1.30.